The summed E-state index contributed by atoms with van der Waals surface area (Å²) >= 11 is 0. The number of unbranched alkanes of at least 4 members (excludes halogenated alkanes) is 2. The van der Waals surface area contributed by atoms with Crippen molar-refractivity contribution in [1.82, 2.24) is 4.90 Å². The second kappa shape index (κ2) is 6.67. The lowest BCUT2D eigenvalue weighted by Crippen LogP contribution is -2.34. The average molecular weight is 209 g/mol. The fraction of sp³-hybridized carbons (Fsp3) is 0.692. The number of rotatable bonds is 4. The summed E-state index contributed by atoms with van der Waals surface area (Å²) in [5.41, 5.74) is 1.32. The van der Waals surface area contributed by atoms with Gasteiger partial charge in [0.25, 0.3) is 0 Å². The van der Waals surface area contributed by atoms with E-state index in [1.54, 1.807) is 0 Å². The Morgan fingerprint density at radius 3 is 2.67 bits per heavy atom. The van der Waals surface area contributed by atoms with E-state index < -0.39 is 0 Å². The summed E-state index contributed by atoms with van der Waals surface area (Å²) in [6.45, 7) is 9.30. The van der Waals surface area contributed by atoms with Crippen LogP contribution in [0.15, 0.2) is 23.5 Å². The first kappa shape index (κ1) is 12.3. The van der Waals surface area contributed by atoms with Crippen molar-refractivity contribution < 1.29 is 4.74 Å². The molecule has 1 aliphatic rings. The zero-order valence-electron chi connectivity index (χ0n) is 10.3. The minimum Gasteiger partial charge on any atom is -0.478 e. The second-order valence-corrected chi connectivity index (χ2v) is 4.00. The van der Waals surface area contributed by atoms with Crippen molar-refractivity contribution in [3.8, 4) is 0 Å². The van der Waals surface area contributed by atoms with Crippen molar-refractivity contribution in [1.29, 1.82) is 0 Å². The minimum atomic E-state index is 0.751. The van der Waals surface area contributed by atoms with Gasteiger partial charge in [-0.3, -0.25) is 4.90 Å². The highest BCUT2D eigenvalue weighted by molar-refractivity contribution is 5.27. The summed E-state index contributed by atoms with van der Waals surface area (Å²) in [6, 6.07) is 0. The maximum atomic E-state index is 5.69. The molecule has 0 unspecified atom stereocenters. The highest BCUT2D eigenvalue weighted by Crippen LogP contribution is 2.19. The highest BCUT2D eigenvalue weighted by Gasteiger charge is 2.17. The molecule has 0 atom stereocenters. The van der Waals surface area contributed by atoms with Gasteiger partial charge in [0.15, 0.2) is 0 Å². The van der Waals surface area contributed by atoms with E-state index in [-0.39, 0.29) is 0 Å². The van der Waals surface area contributed by atoms with Crippen LogP contribution in [-0.2, 0) is 4.74 Å². The second-order valence-electron chi connectivity index (χ2n) is 4.00. The molecule has 0 aromatic rings. The Bertz CT molecular complexity index is 243. The number of hydrogen-bond donors (Lipinski definition) is 0. The van der Waals surface area contributed by atoms with E-state index >= 15 is 0 Å². The molecule has 1 rings (SSSR count). The summed E-state index contributed by atoms with van der Waals surface area (Å²) < 4.78 is 5.69. The van der Waals surface area contributed by atoms with Crippen LogP contribution in [-0.4, -0.2) is 24.7 Å². The molecular weight excluding hydrogens is 186 g/mol. The summed E-state index contributed by atoms with van der Waals surface area (Å²) in [5, 5.41) is 0. The molecule has 1 fully saturated rings. The van der Waals surface area contributed by atoms with Gasteiger partial charge in [-0.25, -0.2) is 0 Å². The van der Waals surface area contributed by atoms with E-state index in [0.717, 1.165) is 25.6 Å². The van der Waals surface area contributed by atoms with Gasteiger partial charge in [0.2, 0.25) is 0 Å². The van der Waals surface area contributed by atoms with Gasteiger partial charge in [0, 0.05) is 18.7 Å². The molecule has 0 saturated carbocycles. The van der Waals surface area contributed by atoms with Crippen molar-refractivity contribution in [2.45, 2.75) is 40.0 Å². The predicted octanol–water partition coefficient (Wildman–Crippen LogP) is 3.32. The third-order valence-corrected chi connectivity index (χ3v) is 2.80. The van der Waals surface area contributed by atoms with Crippen LogP contribution in [0.4, 0.5) is 0 Å². The van der Waals surface area contributed by atoms with Gasteiger partial charge in [-0.15, -0.1) is 0 Å². The average Bonchev–Trinajstić information content (AvgIpc) is 2.29. The first-order valence-corrected chi connectivity index (χ1v) is 5.98. The molecule has 0 aromatic carbocycles. The van der Waals surface area contributed by atoms with E-state index in [2.05, 4.69) is 30.9 Å². The number of hydrogen-bond acceptors (Lipinski definition) is 2. The van der Waals surface area contributed by atoms with Gasteiger partial charge in [-0.2, -0.15) is 0 Å². The molecule has 0 aliphatic carbocycles. The predicted molar refractivity (Wildman–Crippen MR) is 64.6 cm³/mol. The van der Waals surface area contributed by atoms with Gasteiger partial charge >= 0.3 is 0 Å². The highest BCUT2D eigenvalue weighted by atomic mass is 16.5. The first-order valence-electron chi connectivity index (χ1n) is 5.98. The summed E-state index contributed by atoms with van der Waals surface area (Å²) in [7, 11) is 0. The maximum absolute atomic E-state index is 5.69. The topological polar surface area (TPSA) is 12.5 Å². The molecule has 86 valence electrons. The quantitative estimate of drug-likeness (QED) is 0.659. The Morgan fingerprint density at radius 1 is 1.27 bits per heavy atom. The summed E-state index contributed by atoms with van der Waals surface area (Å²) in [5.74, 6) is 1.06. The van der Waals surface area contributed by atoms with Crippen LogP contribution in [0, 0.1) is 0 Å². The van der Waals surface area contributed by atoms with Gasteiger partial charge in [-0.1, -0.05) is 25.8 Å². The number of allylic oxidation sites excluding steroid dienone is 2. The third kappa shape index (κ3) is 3.71. The van der Waals surface area contributed by atoms with Crippen LogP contribution < -0.4 is 0 Å². The van der Waals surface area contributed by atoms with E-state index in [4.69, 9.17) is 4.74 Å². The van der Waals surface area contributed by atoms with Crippen LogP contribution in [0.1, 0.15) is 40.0 Å². The van der Waals surface area contributed by atoms with Crippen molar-refractivity contribution in [2.24, 2.45) is 0 Å². The van der Waals surface area contributed by atoms with Crippen LogP contribution >= 0.6 is 0 Å². The van der Waals surface area contributed by atoms with Gasteiger partial charge in [-0.05, 0) is 26.3 Å². The fourth-order valence-corrected chi connectivity index (χ4v) is 1.85. The van der Waals surface area contributed by atoms with Crippen molar-refractivity contribution in [3.05, 3.63) is 23.5 Å². The molecule has 1 saturated heterocycles. The van der Waals surface area contributed by atoms with Gasteiger partial charge in [0.1, 0.15) is 12.5 Å². The molecule has 0 spiro atoms. The van der Waals surface area contributed by atoms with Crippen LogP contribution in [0.5, 0.6) is 0 Å². The lowest BCUT2D eigenvalue weighted by molar-refractivity contribution is 0.0556. The minimum absolute atomic E-state index is 0.751. The molecule has 1 heterocycles. The number of ether oxygens (including phenoxy) is 1. The molecule has 0 amide bonds. The summed E-state index contributed by atoms with van der Waals surface area (Å²) in [4.78, 5) is 2.37. The molecule has 2 nitrogen and oxygen atoms in total. The van der Waals surface area contributed by atoms with Crippen molar-refractivity contribution in [2.75, 3.05) is 19.8 Å². The van der Waals surface area contributed by atoms with E-state index in [1.165, 1.54) is 24.8 Å². The molecule has 1 aliphatic heterocycles. The molecule has 0 aromatic heterocycles. The lowest BCUT2D eigenvalue weighted by Gasteiger charge is -2.30. The zero-order chi connectivity index (χ0) is 11.1. The molecular formula is C13H23NO. The standard InChI is InChI=1S/C13H23NO/c1-4-7-8-9-14-10-12(5-2)13(6-3)15-11-14/h5-6H,4,7-11H2,1-3H3/b12-5-,13-6+. The maximum Gasteiger partial charge on any atom is 0.142 e. The lowest BCUT2D eigenvalue weighted by atomic mass is 10.1. The largest absolute Gasteiger partial charge is 0.478 e. The third-order valence-electron chi connectivity index (χ3n) is 2.80. The van der Waals surface area contributed by atoms with Gasteiger partial charge < -0.3 is 4.74 Å². The Hall–Kier alpha value is -0.760. The Morgan fingerprint density at radius 2 is 2.07 bits per heavy atom. The molecule has 0 bridgehead atoms. The van der Waals surface area contributed by atoms with E-state index in [1.807, 2.05) is 6.92 Å². The zero-order valence-corrected chi connectivity index (χ0v) is 10.3. The Labute approximate surface area is 93.6 Å². The van der Waals surface area contributed by atoms with Crippen molar-refractivity contribution >= 4 is 0 Å². The van der Waals surface area contributed by atoms with Crippen LogP contribution in [0.25, 0.3) is 0 Å². The molecule has 0 N–H and O–H groups in total. The number of nitrogens with zero attached hydrogens (tertiary/aromatic N) is 1. The van der Waals surface area contributed by atoms with E-state index in [9.17, 15) is 0 Å². The molecule has 2 heteroatoms. The molecule has 15 heavy (non-hydrogen) atoms. The first-order chi connectivity index (χ1) is 7.31. The SMILES string of the molecule is C/C=C1/CN(CCCCC)CO/C1=C/C. The molecule has 0 radical (unpaired) electrons. The van der Waals surface area contributed by atoms with Gasteiger partial charge in [0.05, 0.1) is 0 Å². The monoisotopic (exact) mass is 209 g/mol. The summed E-state index contributed by atoms with van der Waals surface area (Å²) in [6.07, 6.45) is 8.09. The van der Waals surface area contributed by atoms with Crippen molar-refractivity contribution in [3.63, 3.8) is 0 Å². The normalized spacial score (nSPS) is 23.4. The van der Waals surface area contributed by atoms with Crippen LogP contribution in [0.2, 0.25) is 0 Å². The Balaban J connectivity index is 2.40. The fourth-order valence-electron chi connectivity index (χ4n) is 1.85. The smallest absolute Gasteiger partial charge is 0.142 e. The van der Waals surface area contributed by atoms with E-state index in [0.29, 0.717) is 0 Å². The van der Waals surface area contributed by atoms with Crippen LogP contribution in [0.3, 0.4) is 0 Å². The Kier molecular flexibility index (Phi) is 5.48.